The molecule has 0 radical (unpaired) electrons. The van der Waals surface area contributed by atoms with Gasteiger partial charge < -0.3 is 15.1 Å². The van der Waals surface area contributed by atoms with Gasteiger partial charge in [0.05, 0.1) is 5.75 Å². The molecule has 1 aromatic rings. The van der Waals surface area contributed by atoms with Gasteiger partial charge in [0.25, 0.3) is 0 Å². The van der Waals surface area contributed by atoms with Gasteiger partial charge in [0.2, 0.25) is 5.91 Å². The number of amides is 3. The summed E-state index contributed by atoms with van der Waals surface area (Å²) in [5.74, 6) is 0.697. The Morgan fingerprint density at radius 2 is 1.79 bits per heavy atom. The normalized spacial score (nSPS) is 17.8. The third-order valence-corrected chi connectivity index (χ3v) is 6.01. The van der Waals surface area contributed by atoms with E-state index in [1.807, 2.05) is 25.7 Å². The van der Waals surface area contributed by atoms with Gasteiger partial charge in [0.1, 0.15) is 5.37 Å². The third kappa shape index (κ3) is 6.16. The number of thioether (sulfide) groups is 1. The standard InChI is InChI=1S/C22H35N3O2S/c1-21(2,3)17-11-9-16(10-12-17)19-25(18(26)15-28-19)14-8-13-24(7)20(27)23-22(4,5)6/h9-12,19H,8,13-15H2,1-7H3,(H,23,27). The highest BCUT2D eigenvalue weighted by molar-refractivity contribution is 8.00. The maximum Gasteiger partial charge on any atom is 0.317 e. The van der Waals surface area contributed by atoms with Gasteiger partial charge in [-0.2, -0.15) is 0 Å². The van der Waals surface area contributed by atoms with E-state index in [9.17, 15) is 9.59 Å². The van der Waals surface area contributed by atoms with Crippen molar-refractivity contribution in [1.29, 1.82) is 0 Å². The molecule has 3 amide bonds. The number of hydrogen-bond acceptors (Lipinski definition) is 3. The molecule has 1 aliphatic rings. The molecule has 1 unspecified atom stereocenters. The van der Waals surface area contributed by atoms with E-state index in [4.69, 9.17) is 0 Å². The van der Waals surface area contributed by atoms with Gasteiger partial charge >= 0.3 is 6.03 Å². The van der Waals surface area contributed by atoms with Crippen molar-refractivity contribution in [2.75, 3.05) is 25.9 Å². The predicted octanol–water partition coefficient (Wildman–Crippen LogP) is 4.39. The van der Waals surface area contributed by atoms with Crippen LogP contribution in [0.2, 0.25) is 0 Å². The summed E-state index contributed by atoms with van der Waals surface area (Å²) in [6.45, 7) is 13.8. The summed E-state index contributed by atoms with van der Waals surface area (Å²) >= 11 is 1.68. The van der Waals surface area contributed by atoms with E-state index >= 15 is 0 Å². The van der Waals surface area contributed by atoms with Crippen molar-refractivity contribution in [3.05, 3.63) is 35.4 Å². The Morgan fingerprint density at radius 1 is 1.18 bits per heavy atom. The molecule has 156 valence electrons. The van der Waals surface area contributed by atoms with Crippen molar-refractivity contribution in [3.8, 4) is 0 Å². The summed E-state index contributed by atoms with van der Waals surface area (Å²) in [4.78, 5) is 28.2. The highest BCUT2D eigenvalue weighted by atomic mass is 32.2. The summed E-state index contributed by atoms with van der Waals surface area (Å²) in [6, 6.07) is 8.55. The fraction of sp³-hybridized carbons (Fsp3) is 0.636. The third-order valence-electron chi connectivity index (χ3n) is 4.75. The molecule has 6 heteroatoms. The van der Waals surface area contributed by atoms with Crippen LogP contribution in [-0.2, 0) is 10.2 Å². The Kier molecular flexibility index (Phi) is 7.07. The molecule has 2 rings (SSSR count). The summed E-state index contributed by atoms with van der Waals surface area (Å²) in [6.07, 6.45) is 0.761. The second-order valence-corrected chi connectivity index (χ2v) is 10.6. The molecule has 0 bridgehead atoms. The lowest BCUT2D eigenvalue weighted by atomic mass is 9.86. The lowest BCUT2D eigenvalue weighted by Crippen LogP contribution is -2.47. The minimum absolute atomic E-state index is 0.0650. The second-order valence-electron chi connectivity index (χ2n) is 9.58. The van der Waals surface area contributed by atoms with Crippen LogP contribution in [0.25, 0.3) is 0 Å². The first kappa shape index (κ1) is 22.6. The summed E-state index contributed by atoms with van der Waals surface area (Å²) in [5.41, 5.74) is 2.33. The quantitative estimate of drug-likeness (QED) is 0.790. The molecule has 1 aromatic carbocycles. The smallest absolute Gasteiger partial charge is 0.317 e. The van der Waals surface area contributed by atoms with Gasteiger partial charge in [0, 0.05) is 25.7 Å². The minimum Gasteiger partial charge on any atom is -0.333 e. The largest absolute Gasteiger partial charge is 0.333 e. The predicted molar refractivity (Wildman–Crippen MR) is 118 cm³/mol. The molecular weight excluding hydrogens is 370 g/mol. The molecule has 28 heavy (non-hydrogen) atoms. The van der Waals surface area contributed by atoms with Crippen LogP contribution in [0, 0.1) is 0 Å². The van der Waals surface area contributed by atoms with Gasteiger partial charge in [-0.3, -0.25) is 4.79 Å². The zero-order valence-electron chi connectivity index (χ0n) is 18.3. The number of carbonyl (C=O) groups excluding carboxylic acids is 2. The molecule has 1 fully saturated rings. The summed E-state index contributed by atoms with van der Waals surface area (Å²) in [5, 5.41) is 3.03. The van der Waals surface area contributed by atoms with E-state index in [2.05, 4.69) is 50.4 Å². The molecule has 0 aliphatic carbocycles. The molecule has 5 nitrogen and oxygen atoms in total. The highest BCUT2D eigenvalue weighted by Gasteiger charge is 2.32. The summed E-state index contributed by atoms with van der Waals surface area (Å²) in [7, 11) is 1.80. The molecule has 1 saturated heterocycles. The number of nitrogens with one attached hydrogen (secondary N) is 1. The lowest BCUT2D eigenvalue weighted by Gasteiger charge is -2.28. The maximum atomic E-state index is 12.4. The van der Waals surface area contributed by atoms with Crippen molar-refractivity contribution in [1.82, 2.24) is 15.1 Å². The SMILES string of the molecule is CN(CCCN1C(=O)CSC1c1ccc(C(C)(C)C)cc1)C(=O)NC(C)(C)C. The van der Waals surface area contributed by atoms with Crippen molar-refractivity contribution in [3.63, 3.8) is 0 Å². The molecular formula is C22H35N3O2S. The fourth-order valence-corrected chi connectivity index (χ4v) is 4.33. The van der Waals surface area contributed by atoms with E-state index in [1.54, 1.807) is 23.7 Å². The Labute approximate surface area is 174 Å². The highest BCUT2D eigenvalue weighted by Crippen LogP contribution is 2.39. The maximum absolute atomic E-state index is 12.4. The van der Waals surface area contributed by atoms with Gasteiger partial charge in [0.15, 0.2) is 0 Å². The first-order valence-electron chi connectivity index (χ1n) is 9.93. The van der Waals surface area contributed by atoms with E-state index in [0.717, 1.165) is 6.42 Å². The Bertz CT molecular complexity index is 689. The lowest BCUT2D eigenvalue weighted by molar-refractivity contribution is -0.128. The summed E-state index contributed by atoms with van der Waals surface area (Å²) < 4.78 is 0. The first-order valence-corrected chi connectivity index (χ1v) is 11.0. The van der Waals surface area contributed by atoms with Crippen molar-refractivity contribution < 1.29 is 9.59 Å². The average molecular weight is 406 g/mol. The van der Waals surface area contributed by atoms with Gasteiger partial charge in [-0.05, 0) is 43.7 Å². The molecule has 0 spiro atoms. The van der Waals surface area contributed by atoms with Gasteiger partial charge in [-0.15, -0.1) is 11.8 Å². The Balaban J connectivity index is 1.94. The average Bonchev–Trinajstić information content (AvgIpc) is 2.93. The number of nitrogens with zero attached hydrogens (tertiary/aromatic N) is 2. The molecule has 1 atom stereocenters. The van der Waals surface area contributed by atoms with Crippen LogP contribution in [0.4, 0.5) is 4.79 Å². The van der Waals surface area contributed by atoms with E-state index in [-0.39, 0.29) is 28.3 Å². The zero-order valence-corrected chi connectivity index (χ0v) is 19.2. The van der Waals surface area contributed by atoms with E-state index in [0.29, 0.717) is 18.8 Å². The number of carbonyl (C=O) groups is 2. The zero-order chi connectivity index (χ0) is 21.1. The molecule has 0 aromatic heterocycles. The van der Waals surface area contributed by atoms with Crippen LogP contribution in [0.15, 0.2) is 24.3 Å². The van der Waals surface area contributed by atoms with Crippen molar-refractivity contribution in [2.45, 2.75) is 64.3 Å². The molecule has 0 saturated carbocycles. The van der Waals surface area contributed by atoms with E-state index < -0.39 is 0 Å². The number of hydrogen-bond donors (Lipinski definition) is 1. The van der Waals surface area contributed by atoms with Crippen LogP contribution in [0.1, 0.15) is 64.5 Å². The molecule has 1 aliphatic heterocycles. The number of rotatable bonds is 5. The van der Waals surface area contributed by atoms with Crippen LogP contribution >= 0.6 is 11.8 Å². The molecule has 1 heterocycles. The first-order chi connectivity index (χ1) is 12.9. The molecule has 1 N–H and O–H groups in total. The monoisotopic (exact) mass is 405 g/mol. The van der Waals surface area contributed by atoms with Gasteiger partial charge in [-0.25, -0.2) is 4.79 Å². The minimum atomic E-state index is -0.253. The van der Waals surface area contributed by atoms with Gasteiger partial charge in [-0.1, -0.05) is 45.0 Å². The number of urea groups is 1. The van der Waals surface area contributed by atoms with Crippen LogP contribution in [-0.4, -0.2) is 53.2 Å². The Hall–Kier alpha value is -1.69. The van der Waals surface area contributed by atoms with Crippen molar-refractivity contribution >= 4 is 23.7 Å². The van der Waals surface area contributed by atoms with Crippen LogP contribution in [0.3, 0.4) is 0 Å². The Morgan fingerprint density at radius 3 is 2.32 bits per heavy atom. The van der Waals surface area contributed by atoms with Crippen LogP contribution in [0.5, 0.6) is 0 Å². The van der Waals surface area contributed by atoms with Crippen LogP contribution < -0.4 is 5.32 Å². The topological polar surface area (TPSA) is 52.7 Å². The number of benzene rings is 1. The van der Waals surface area contributed by atoms with E-state index in [1.165, 1.54) is 11.1 Å². The fourth-order valence-electron chi connectivity index (χ4n) is 3.12. The van der Waals surface area contributed by atoms with Crippen molar-refractivity contribution in [2.24, 2.45) is 0 Å². The second kappa shape index (κ2) is 8.76.